The van der Waals surface area contributed by atoms with Crippen molar-refractivity contribution in [3.05, 3.63) is 28.8 Å². The fourth-order valence-corrected chi connectivity index (χ4v) is 2.66. The molecule has 1 aromatic carbocycles. The van der Waals surface area contributed by atoms with Crippen molar-refractivity contribution in [2.45, 2.75) is 19.9 Å². The van der Waals surface area contributed by atoms with Crippen LogP contribution in [0.25, 0.3) is 0 Å². The number of aliphatic hydroxyl groups excluding tert-OH is 1. The van der Waals surface area contributed by atoms with Gasteiger partial charge in [-0.2, -0.15) is 0 Å². The average Bonchev–Trinajstić information content (AvgIpc) is 2.85. The standard InChI is InChI=1S/C14H21ClN2O/c1-2-16-8-12-7-13(15)3-4-14(12)17-6-5-11(9-17)10-18/h3-4,7,11,16,18H,2,5-6,8-10H2,1H3. The largest absolute Gasteiger partial charge is 0.396 e. The number of anilines is 1. The summed E-state index contributed by atoms with van der Waals surface area (Å²) < 4.78 is 0. The molecule has 1 aliphatic rings. The Morgan fingerprint density at radius 3 is 3.00 bits per heavy atom. The Balaban J connectivity index is 2.16. The molecule has 4 heteroatoms. The Morgan fingerprint density at radius 2 is 2.33 bits per heavy atom. The van der Waals surface area contributed by atoms with E-state index in [1.54, 1.807) is 0 Å². The molecule has 2 N–H and O–H groups in total. The number of halogens is 1. The summed E-state index contributed by atoms with van der Waals surface area (Å²) in [6.45, 7) is 6.13. The first kappa shape index (κ1) is 13.7. The SMILES string of the molecule is CCNCc1cc(Cl)ccc1N1CCC(CO)C1. The van der Waals surface area contributed by atoms with Crippen molar-refractivity contribution in [1.29, 1.82) is 0 Å². The van der Waals surface area contributed by atoms with Crippen LogP contribution in [0.3, 0.4) is 0 Å². The van der Waals surface area contributed by atoms with E-state index in [0.29, 0.717) is 5.92 Å². The Bertz CT molecular complexity index is 397. The Kier molecular flexibility index (Phi) is 4.87. The highest BCUT2D eigenvalue weighted by molar-refractivity contribution is 6.30. The highest BCUT2D eigenvalue weighted by atomic mass is 35.5. The number of hydrogen-bond acceptors (Lipinski definition) is 3. The molecule has 18 heavy (non-hydrogen) atoms. The summed E-state index contributed by atoms with van der Waals surface area (Å²) in [5.41, 5.74) is 2.49. The van der Waals surface area contributed by atoms with Gasteiger partial charge in [-0.25, -0.2) is 0 Å². The zero-order valence-corrected chi connectivity index (χ0v) is 11.6. The van der Waals surface area contributed by atoms with E-state index in [4.69, 9.17) is 11.6 Å². The van der Waals surface area contributed by atoms with Crippen molar-refractivity contribution in [2.24, 2.45) is 5.92 Å². The van der Waals surface area contributed by atoms with E-state index in [-0.39, 0.29) is 6.61 Å². The van der Waals surface area contributed by atoms with Gasteiger partial charge in [0.2, 0.25) is 0 Å². The van der Waals surface area contributed by atoms with Gasteiger partial charge in [-0.3, -0.25) is 0 Å². The maximum atomic E-state index is 9.23. The predicted octanol–water partition coefficient (Wildman–Crippen LogP) is 2.27. The van der Waals surface area contributed by atoms with E-state index in [9.17, 15) is 5.11 Å². The fourth-order valence-electron chi connectivity index (χ4n) is 2.46. The maximum Gasteiger partial charge on any atom is 0.0476 e. The second-order valence-corrected chi connectivity index (χ2v) is 5.27. The molecule has 1 aromatic rings. The monoisotopic (exact) mass is 268 g/mol. The van der Waals surface area contributed by atoms with Crippen LogP contribution in [-0.2, 0) is 6.54 Å². The van der Waals surface area contributed by atoms with Gasteiger partial charge in [0.25, 0.3) is 0 Å². The molecular weight excluding hydrogens is 248 g/mol. The van der Waals surface area contributed by atoms with Gasteiger partial charge in [-0.1, -0.05) is 18.5 Å². The Hall–Kier alpha value is -0.770. The molecule has 0 saturated carbocycles. The summed E-state index contributed by atoms with van der Waals surface area (Å²) in [4.78, 5) is 2.35. The molecule has 2 rings (SSSR count). The third kappa shape index (κ3) is 3.16. The van der Waals surface area contributed by atoms with E-state index in [1.165, 1.54) is 11.3 Å². The molecule has 0 aromatic heterocycles. The van der Waals surface area contributed by atoms with Crippen molar-refractivity contribution in [3.63, 3.8) is 0 Å². The molecule has 100 valence electrons. The Morgan fingerprint density at radius 1 is 1.50 bits per heavy atom. The summed E-state index contributed by atoms with van der Waals surface area (Å²) >= 11 is 6.07. The van der Waals surface area contributed by atoms with Gasteiger partial charge in [-0.15, -0.1) is 0 Å². The number of aliphatic hydroxyl groups is 1. The van der Waals surface area contributed by atoms with Crippen LogP contribution in [0.1, 0.15) is 18.9 Å². The van der Waals surface area contributed by atoms with Crippen LogP contribution < -0.4 is 10.2 Å². The van der Waals surface area contributed by atoms with E-state index in [0.717, 1.165) is 37.6 Å². The molecule has 0 radical (unpaired) electrons. The molecule has 0 spiro atoms. The average molecular weight is 269 g/mol. The second kappa shape index (κ2) is 6.41. The molecule has 1 heterocycles. The van der Waals surface area contributed by atoms with Gasteiger partial charge in [0.1, 0.15) is 0 Å². The third-order valence-corrected chi connectivity index (χ3v) is 3.73. The summed E-state index contributed by atoms with van der Waals surface area (Å²) in [5.74, 6) is 0.410. The minimum absolute atomic E-state index is 0.284. The zero-order valence-electron chi connectivity index (χ0n) is 10.8. The second-order valence-electron chi connectivity index (χ2n) is 4.84. The molecule has 0 amide bonds. The number of benzene rings is 1. The van der Waals surface area contributed by atoms with Gasteiger partial charge in [-0.05, 0) is 36.7 Å². The molecule has 3 nitrogen and oxygen atoms in total. The number of hydrogen-bond donors (Lipinski definition) is 2. The van der Waals surface area contributed by atoms with Gasteiger partial charge in [0.05, 0.1) is 0 Å². The smallest absolute Gasteiger partial charge is 0.0476 e. The van der Waals surface area contributed by atoms with Gasteiger partial charge in [0, 0.05) is 42.9 Å². The normalized spacial score (nSPS) is 19.5. The van der Waals surface area contributed by atoms with Crippen LogP contribution in [0.15, 0.2) is 18.2 Å². The summed E-state index contributed by atoms with van der Waals surface area (Å²) in [7, 11) is 0. The van der Waals surface area contributed by atoms with Crippen molar-refractivity contribution in [2.75, 3.05) is 31.1 Å². The first-order valence-electron chi connectivity index (χ1n) is 6.59. The van der Waals surface area contributed by atoms with Crippen LogP contribution in [0, 0.1) is 5.92 Å². The molecule has 0 aliphatic carbocycles. The van der Waals surface area contributed by atoms with Crippen LogP contribution >= 0.6 is 11.6 Å². The van der Waals surface area contributed by atoms with E-state index in [1.807, 2.05) is 12.1 Å². The van der Waals surface area contributed by atoms with Gasteiger partial charge >= 0.3 is 0 Å². The Labute approximate surface area is 114 Å². The minimum Gasteiger partial charge on any atom is -0.396 e. The van der Waals surface area contributed by atoms with Crippen LogP contribution in [0.2, 0.25) is 5.02 Å². The van der Waals surface area contributed by atoms with Gasteiger partial charge in [0.15, 0.2) is 0 Å². The quantitative estimate of drug-likeness (QED) is 0.860. The number of rotatable bonds is 5. The molecule has 1 saturated heterocycles. The summed E-state index contributed by atoms with van der Waals surface area (Å²) in [6.07, 6.45) is 1.07. The van der Waals surface area contributed by atoms with Gasteiger partial charge < -0.3 is 15.3 Å². The first-order chi connectivity index (χ1) is 8.74. The lowest BCUT2D eigenvalue weighted by atomic mass is 10.1. The lowest BCUT2D eigenvalue weighted by Crippen LogP contribution is -2.23. The summed E-state index contributed by atoms with van der Waals surface area (Å²) in [6, 6.07) is 6.07. The minimum atomic E-state index is 0.284. The molecule has 0 bridgehead atoms. The topological polar surface area (TPSA) is 35.5 Å². The summed E-state index contributed by atoms with van der Waals surface area (Å²) in [5, 5.41) is 13.4. The fraction of sp³-hybridized carbons (Fsp3) is 0.571. The van der Waals surface area contributed by atoms with E-state index in [2.05, 4.69) is 23.2 Å². The van der Waals surface area contributed by atoms with E-state index < -0.39 is 0 Å². The van der Waals surface area contributed by atoms with Crippen molar-refractivity contribution < 1.29 is 5.11 Å². The van der Waals surface area contributed by atoms with Crippen molar-refractivity contribution >= 4 is 17.3 Å². The van der Waals surface area contributed by atoms with Crippen molar-refractivity contribution in [3.8, 4) is 0 Å². The maximum absolute atomic E-state index is 9.23. The zero-order chi connectivity index (χ0) is 13.0. The van der Waals surface area contributed by atoms with Crippen LogP contribution in [0.5, 0.6) is 0 Å². The molecule has 1 aliphatic heterocycles. The molecule has 1 atom stereocenters. The van der Waals surface area contributed by atoms with Crippen LogP contribution in [0.4, 0.5) is 5.69 Å². The lowest BCUT2D eigenvalue weighted by molar-refractivity contribution is 0.238. The lowest BCUT2D eigenvalue weighted by Gasteiger charge is -2.22. The van der Waals surface area contributed by atoms with E-state index >= 15 is 0 Å². The first-order valence-corrected chi connectivity index (χ1v) is 6.97. The van der Waals surface area contributed by atoms with Crippen LogP contribution in [-0.4, -0.2) is 31.3 Å². The predicted molar refractivity (Wildman–Crippen MR) is 76.2 cm³/mol. The number of nitrogens with zero attached hydrogens (tertiary/aromatic N) is 1. The third-order valence-electron chi connectivity index (χ3n) is 3.49. The molecule has 1 fully saturated rings. The molecule has 1 unspecified atom stereocenters. The molecular formula is C14H21ClN2O. The number of nitrogens with one attached hydrogen (secondary N) is 1. The highest BCUT2D eigenvalue weighted by Gasteiger charge is 2.23. The van der Waals surface area contributed by atoms with Crippen molar-refractivity contribution in [1.82, 2.24) is 5.32 Å². The highest BCUT2D eigenvalue weighted by Crippen LogP contribution is 2.29.